The number of hydrogen-bond acceptors (Lipinski definition) is 2. The fourth-order valence-electron chi connectivity index (χ4n) is 2.09. The van der Waals surface area contributed by atoms with Gasteiger partial charge in [-0.15, -0.1) is 0 Å². The number of rotatable bonds is 5. The summed E-state index contributed by atoms with van der Waals surface area (Å²) in [5, 5.41) is 2.83. The van der Waals surface area contributed by atoms with Crippen molar-refractivity contribution in [3.05, 3.63) is 65.0 Å². The van der Waals surface area contributed by atoms with Crippen LogP contribution in [0.25, 0.3) is 0 Å². The Balaban J connectivity index is 1.91. The predicted octanol–water partition coefficient (Wildman–Crippen LogP) is 3.00. The minimum atomic E-state index is -0.457. The second-order valence-electron chi connectivity index (χ2n) is 4.91. The highest BCUT2D eigenvalue weighted by molar-refractivity contribution is 5.78. The zero-order chi connectivity index (χ0) is 15.2. The first-order valence-electron chi connectivity index (χ1n) is 6.73. The second-order valence-corrected chi connectivity index (χ2v) is 4.91. The van der Waals surface area contributed by atoms with E-state index in [9.17, 15) is 9.18 Å². The zero-order valence-corrected chi connectivity index (χ0v) is 12.2. The lowest BCUT2D eigenvalue weighted by Gasteiger charge is -2.07. The lowest BCUT2D eigenvalue weighted by molar-refractivity contribution is -0.120. The van der Waals surface area contributed by atoms with Crippen molar-refractivity contribution in [3.63, 3.8) is 0 Å². The van der Waals surface area contributed by atoms with Gasteiger partial charge in [0.25, 0.3) is 0 Å². The molecule has 0 aliphatic rings. The summed E-state index contributed by atoms with van der Waals surface area (Å²) in [6, 6.07) is 12.5. The van der Waals surface area contributed by atoms with Crippen molar-refractivity contribution in [1.82, 2.24) is 5.32 Å². The first-order valence-corrected chi connectivity index (χ1v) is 6.73. The molecule has 1 amide bonds. The minimum absolute atomic E-state index is 0.138. The summed E-state index contributed by atoms with van der Waals surface area (Å²) in [6.07, 6.45) is 0.146. The molecule has 2 aromatic carbocycles. The number of methoxy groups -OCH3 is 1. The summed E-state index contributed by atoms with van der Waals surface area (Å²) in [5.41, 5.74) is 2.82. The summed E-state index contributed by atoms with van der Waals surface area (Å²) in [7, 11) is 1.41. The molecule has 0 saturated carbocycles. The number of carbonyl (C=O) groups excluding carboxylic acids is 1. The van der Waals surface area contributed by atoms with Crippen LogP contribution in [0.15, 0.2) is 42.5 Å². The largest absolute Gasteiger partial charge is 0.494 e. The van der Waals surface area contributed by atoms with Crippen LogP contribution in [0.2, 0.25) is 0 Å². The lowest BCUT2D eigenvalue weighted by atomic mass is 10.1. The van der Waals surface area contributed by atoms with E-state index in [4.69, 9.17) is 4.74 Å². The van der Waals surface area contributed by atoms with E-state index in [1.165, 1.54) is 19.2 Å². The van der Waals surface area contributed by atoms with Gasteiger partial charge in [0.05, 0.1) is 13.5 Å². The molecule has 0 atom stereocenters. The molecule has 2 rings (SSSR count). The van der Waals surface area contributed by atoms with Crippen molar-refractivity contribution in [3.8, 4) is 5.75 Å². The molecule has 0 spiro atoms. The molecule has 0 radical (unpaired) electrons. The fourth-order valence-corrected chi connectivity index (χ4v) is 2.09. The van der Waals surface area contributed by atoms with Gasteiger partial charge in [0, 0.05) is 6.54 Å². The van der Waals surface area contributed by atoms with Crippen LogP contribution in [0.4, 0.5) is 4.39 Å². The van der Waals surface area contributed by atoms with Crippen LogP contribution in [0.1, 0.15) is 16.7 Å². The Kier molecular flexibility index (Phi) is 4.93. The van der Waals surface area contributed by atoms with Gasteiger partial charge in [0.15, 0.2) is 11.6 Å². The highest BCUT2D eigenvalue weighted by Gasteiger charge is 2.07. The summed E-state index contributed by atoms with van der Waals surface area (Å²) in [6.45, 7) is 2.48. The molecule has 0 saturated heterocycles. The van der Waals surface area contributed by atoms with E-state index in [2.05, 4.69) is 5.32 Å². The van der Waals surface area contributed by atoms with Crippen LogP contribution < -0.4 is 10.1 Å². The summed E-state index contributed by atoms with van der Waals surface area (Å²) in [5.74, 6) is -0.415. The molecule has 0 aliphatic heterocycles. The summed E-state index contributed by atoms with van der Waals surface area (Å²) < 4.78 is 18.4. The molecule has 1 N–H and O–H groups in total. The molecule has 0 aliphatic carbocycles. The Hall–Kier alpha value is -2.36. The van der Waals surface area contributed by atoms with Crippen LogP contribution in [0, 0.1) is 12.7 Å². The highest BCUT2D eigenvalue weighted by Crippen LogP contribution is 2.17. The Morgan fingerprint density at radius 1 is 1.19 bits per heavy atom. The SMILES string of the molecule is COc1ccc(CC(=O)NCc2cccc(C)c2)cc1F. The molecule has 4 heteroatoms. The van der Waals surface area contributed by atoms with E-state index in [0.29, 0.717) is 12.1 Å². The van der Waals surface area contributed by atoms with Gasteiger partial charge < -0.3 is 10.1 Å². The Morgan fingerprint density at radius 2 is 2.00 bits per heavy atom. The van der Waals surface area contributed by atoms with Gasteiger partial charge in [-0.25, -0.2) is 4.39 Å². The van der Waals surface area contributed by atoms with Crippen LogP contribution in [0.3, 0.4) is 0 Å². The maximum atomic E-state index is 13.5. The van der Waals surface area contributed by atoms with Crippen LogP contribution in [-0.4, -0.2) is 13.0 Å². The Morgan fingerprint density at radius 3 is 2.67 bits per heavy atom. The molecule has 2 aromatic rings. The standard InChI is InChI=1S/C17H18FNO2/c1-12-4-3-5-14(8-12)11-19-17(20)10-13-6-7-16(21-2)15(18)9-13/h3-9H,10-11H2,1-2H3,(H,19,20). The second kappa shape index (κ2) is 6.88. The maximum Gasteiger partial charge on any atom is 0.224 e. The van der Waals surface area contributed by atoms with Gasteiger partial charge in [-0.2, -0.15) is 0 Å². The molecule has 0 aromatic heterocycles. The minimum Gasteiger partial charge on any atom is -0.494 e. The Bertz CT molecular complexity index is 640. The third-order valence-corrected chi connectivity index (χ3v) is 3.15. The maximum absolute atomic E-state index is 13.5. The Labute approximate surface area is 123 Å². The molecule has 21 heavy (non-hydrogen) atoms. The summed E-state index contributed by atoms with van der Waals surface area (Å²) >= 11 is 0. The van der Waals surface area contributed by atoms with Crippen LogP contribution in [0.5, 0.6) is 5.75 Å². The quantitative estimate of drug-likeness (QED) is 0.918. The van der Waals surface area contributed by atoms with Crippen molar-refractivity contribution in [2.45, 2.75) is 19.9 Å². The van der Waals surface area contributed by atoms with E-state index in [1.807, 2.05) is 31.2 Å². The summed E-state index contributed by atoms with van der Waals surface area (Å²) in [4.78, 5) is 11.9. The number of amides is 1. The third-order valence-electron chi connectivity index (χ3n) is 3.15. The molecular formula is C17H18FNO2. The average Bonchev–Trinajstić information content (AvgIpc) is 2.45. The molecule has 0 bridgehead atoms. The first kappa shape index (κ1) is 15.0. The lowest BCUT2D eigenvalue weighted by Crippen LogP contribution is -2.24. The number of nitrogens with one attached hydrogen (secondary N) is 1. The van der Waals surface area contributed by atoms with Crippen LogP contribution >= 0.6 is 0 Å². The smallest absolute Gasteiger partial charge is 0.224 e. The highest BCUT2D eigenvalue weighted by atomic mass is 19.1. The van der Waals surface area contributed by atoms with E-state index >= 15 is 0 Å². The fraction of sp³-hybridized carbons (Fsp3) is 0.235. The number of benzene rings is 2. The average molecular weight is 287 g/mol. The zero-order valence-electron chi connectivity index (χ0n) is 12.2. The number of ether oxygens (including phenoxy) is 1. The van der Waals surface area contributed by atoms with Gasteiger partial charge in [0.2, 0.25) is 5.91 Å². The van der Waals surface area contributed by atoms with Crippen molar-refractivity contribution >= 4 is 5.91 Å². The van der Waals surface area contributed by atoms with Gasteiger partial charge in [-0.05, 0) is 30.2 Å². The van der Waals surface area contributed by atoms with E-state index in [0.717, 1.165) is 11.1 Å². The van der Waals surface area contributed by atoms with E-state index in [-0.39, 0.29) is 18.1 Å². The molecular weight excluding hydrogens is 269 g/mol. The number of hydrogen-bond donors (Lipinski definition) is 1. The van der Waals surface area contributed by atoms with Gasteiger partial charge in [-0.3, -0.25) is 4.79 Å². The monoisotopic (exact) mass is 287 g/mol. The molecule has 110 valence electrons. The molecule has 0 fully saturated rings. The van der Waals surface area contributed by atoms with Crippen molar-refractivity contribution in [1.29, 1.82) is 0 Å². The number of aryl methyl sites for hydroxylation is 1. The molecule has 3 nitrogen and oxygen atoms in total. The molecule has 0 unspecified atom stereocenters. The number of carbonyl (C=O) groups is 1. The third kappa shape index (κ3) is 4.31. The predicted molar refractivity (Wildman–Crippen MR) is 79.7 cm³/mol. The first-order chi connectivity index (χ1) is 10.1. The molecule has 0 heterocycles. The van der Waals surface area contributed by atoms with Crippen molar-refractivity contribution in [2.75, 3.05) is 7.11 Å². The van der Waals surface area contributed by atoms with Gasteiger partial charge in [-0.1, -0.05) is 35.9 Å². The van der Waals surface area contributed by atoms with Crippen molar-refractivity contribution in [2.24, 2.45) is 0 Å². The van der Waals surface area contributed by atoms with Gasteiger partial charge in [0.1, 0.15) is 0 Å². The van der Waals surface area contributed by atoms with E-state index < -0.39 is 5.82 Å². The van der Waals surface area contributed by atoms with Crippen molar-refractivity contribution < 1.29 is 13.9 Å². The topological polar surface area (TPSA) is 38.3 Å². The van der Waals surface area contributed by atoms with Gasteiger partial charge >= 0.3 is 0 Å². The number of halogens is 1. The van der Waals surface area contributed by atoms with Crippen LogP contribution in [-0.2, 0) is 17.8 Å². The normalized spacial score (nSPS) is 10.2. The van der Waals surface area contributed by atoms with E-state index in [1.54, 1.807) is 6.07 Å².